The molecular weight excluding hydrogens is 304 g/mol. The first-order chi connectivity index (χ1) is 10.5. The lowest BCUT2D eigenvalue weighted by Crippen LogP contribution is -1.96. The van der Waals surface area contributed by atoms with Gasteiger partial charge in [0.2, 0.25) is 0 Å². The molecule has 0 aliphatic carbocycles. The predicted molar refractivity (Wildman–Crippen MR) is 85.6 cm³/mol. The predicted octanol–water partition coefficient (Wildman–Crippen LogP) is 3.23. The Hall–Kier alpha value is -2.28. The van der Waals surface area contributed by atoms with E-state index in [1.54, 1.807) is 14.2 Å². The van der Waals surface area contributed by atoms with Crippen molar-refractivity contribution in [3.63, 3.8) is 0 Å². The summed E-state index contributed by atoms with van der Waals surface area (Å²) in [4.78, 5) is 16.1. The van der Waals surface area contributed by atoms with Gasteiger partial charge in [0, 0.05) is 10.9 Å². The molecule has 0 aliphatic heterocycles. The molecule has 1 aromatic carbocycles. The molecule has 0 spiro atoms. The van der Waals surface area contributed by atoms with Gasteiger partial charge in [-0.3, -0.25) is 4.79 Å². The van der Waals surface area contributed by atoms with Crippen molar-refractivity contribution in [2.24, 2.45) is 0 Å². The van der Waals surface area contributed by atoms with Crippen LogP contribution in [0.5, 0.6) is 11.5 Å². The molecule has 2 N–H and O–H groups in total. The second-order valence-electron chi connectivity index (χ2n) is 4.61. The second kappa shape index (κ2) is 7.13. The number of aryl methyl sites for hydroxylation is 2. The first kappa shape index (κ1) is 16.1. The van der Waals surface area contributed by atoms with Crippen molar-refractivity contribution in [3.8, 4) is 11.5 Å². The van der Waals surface area contributed by atoms with Crippen molar-refractivity contribution in [1.29, 1.82) is 0 Å². The van der Waals surface area contributed by atoms with E-state index in [1.165, 1.54) is 11.3 Å². The molecule has 2 aromatic rings. The number of thiazole rings is 1. The van der Waals surface area contributed by atoms with Crippen LogP contribution in [0, 0.1) is 6.92 Å². The molecule has 6 nitrogen and oxygen atoms in total. The Labute approximate surface area is 132 Å². The Kier molecular flexibility index (Phi) is 5.21. The Balaban J connectivity index is 2.20. The summed E-state index contributed by atoms with van der Waals surface area (Å²) < 4.78 is 10.5. The summed E-state index contributed by atoms with van der Waals surface area (Å²) in [7, 11) is 3.20. The minimum absolute atomic E-state index is 0.102. The van der Waals surface area contributed by atoms with Crippen LogP contribution in [0.4, 0.5) is 10.8 Å². The largest absolute Gasteiger partial charge is 0.497 e. The number of methoxy groups -OCH3 is 2. The second-order valence-corrected chi connectivity index (χ2v) is 5.70. The molecule has 0 saturated carbocycles. The number of carboxylic acid groups (broad SMARTS) is 1. The summed E-state index contributed by atoms with van der Waals surface area (Å²) in [6.07, 6.45) is 0.584. The number of nitrogens with zero attached hydrogens (tertiary/aromatic N) is 1. The van der Waals surface area contributed by atoms with Gasteiger partial charge in [-0.25, -0.2) is 4.98 Å². The number of carbonyl (C=O) groups is 1. The number of benzene rings is 1. The van der Waals surface area contributed by atoms with Gasteiger partial charge < -0.3 is 19.9 Å². The minimum atomic E-state index is -0.809. The van der Waals surface area contributed by atoms with E-state index in [2.05, 4.69) is 10.3 Å². The zero-order valence-corrected chi connectivity index (χ0v) is 13.5. The van der Waals surface area contributed by atoms with Crippen molar-refractivity contribution in [3.05, 3.63) is 28.8 Å². The van der Waals surface area contributed by atoms with Crippen molar-refractivity contribution >= 4 is 28.1 Å². The smallest absolute Gasteiger partial charge is 0.303 e. The number of rotatable bonds is 7. The number of hydrogen-bond acceptors (Lipinski definition) is 6. The summed E-state index contributed by atoms with van der Waals surface area (Å²) in [5.41, 5.74) is 1.59. The van der Waals surface area contributed by atoms with Crippen LogP contribution in [-0.4, -0.2) is 30.3 Å². The maximum absolute atomic E-state index is 10.7. The standard InChI is InChI=1S/C15H18N2O4S/c1-9-13(6-7-14(18)19)22-15(16-9)17-11-8-10(20-2)4-5-12(11)21-3/h4-5,8H,6-7H2,1-3H3,(H,16,17)(H,18,19). The molecule has 1 heterocycles. The molecule has 7 heteroatoms. The molecule has 0 bridgehead atoms. The highest BCUT2D eigenvalue weighted by Gasteiger charge is 2.12. The molecule has 1 aromatic heterocycles. The molecule has 0 radical (unpaired) electrons. The van der Waals surface area contributed by atoms with Crippen LogP contribution in [-0.2, 0) is 11.2 Å². The van der Waals surface area contributed by atoms with E-state index < -0.39 is 5.97 Å². The lowest BCUT2D eigenvalue weighted by molar-refractivity contribution is -0.136. The van der Waals surface area contributed by atoms with E-state index in [9.17, 15) is 4.79 Å². The van der Waals surface area contributed by atoms with Crippen molar-refractivity contribution in [1.82, 2.24) is 4.98 Å². The van der Waals surface area contributed by atoms with E-state index in [0.29, 0.717) is 23.1 Å². The van der Waals surface area contributed by atoms with Gasteiger partial charge in [0.1, 0.15) is 11.5 Å². The number of nitrogens with one attached hydrogen (secondary N) is 1. The van der Waals surface area contributed by atoms with Crippen LogP contribution in [0.15, 0.2) is 18.2 Å². The SMILES string of the molecule is COc1ccc(OC)c(Nc2nc(C)c(CCC(=O)O)s2)c1. The fourth-order valence-corrected chi connectivity index (χ4v) is 2.94. The van der Waals surface area contributed by atoms with Crippen LogP contribution in [0.3, 0.4) is 0 Å². The number of aliphatic carboxylic acids is 1. The van der Waals surface area contributed by atoms with Gasteiger partial charge >= 0.3 is 5.97 Å². The quantitative estimate of drug-likeness (QED) is 0.814. The summed E-state index contributed by atoms with van der Waals surface area (Å²) in [6.45, 7) is 1.88. The Morgan fingerprint density at radius 3 is 2.77 bits per heavy atom. The van der Waals surface area contributed by atoms with Gasteiger partial charge in [0.15, 0.2) is 5.13 Å². The van der Waals surface area contributed by atoms with E-state index in [-0.39, 0.29) is 6.42 Å². The number of ether oxygens (including phenoxy) is 2. The highest BCUT2D eigenvalue weighted by molar-refractivity contribution is 7.15. The molecule has 0 amide bonds. The highest BCUT2D eigenvalue weighted by Crippen LogP contribution is 2.34. The maximum Gasteiger partial charge on any atom is 0.303 e. The van der Waals surface area contributed by atoms with Crippen LogP contribution in [0.25, 0.3) is 0 Å². The van der Waals surface area contributed by atoms with Crippen LogP contribution < -0.4 is 14.8 Å². The number of aromatic nitrogens is 1. The van der Waals surface area contributed by atoms with E-state index in [4.69, 9.17) is 14.6 Å². The van der Waals surface area contributed by atoms with Crippen molar-refractivity contribution in [2.45, 2.75) is 19.8 Å². The molecule has 0 unspecified atom stereocenters. The lowest BCUT2D eigenvalue weighted by Gasteiger charge is -2.10. The summed E-state index contributed by atoms with van der Waals surface area (Å²) in [5.74, 6) is 0.584. The summed E-state index contributed by atoms with van der Waals surface area (Å²) >= 11 is 1.45. The van der Waals surface area contributed by atoms with Gasteiger partial charge in [0.05, 0.1) is 32.0 Å². The Bertz CT molecular complexity index is 670. The molecule has 0 aliphatic rings. The molecule has 0 fully saturated rings. The Morgan fingerprint density at radius 1 is 1.36 bits per heavy atom. The molecule has 118 valence electrons. The summed E-state index contributed by atoms with van der Waals surface area (Å²) in [5, 5.41) is 12.7. The van der Waals surface area contributed by atoms with Gasteiger partial charge in [-0.1, -0.05) is 0 Å². The monoisotopic (exact) mass is 322 g/mol. The van der Waals surface area contributed by atoms with Crippen LogP contribution in [0.2, 0.25) is 0 Å². The molecule has 0 saturated heterocycles. The highest BCUT2D eigenvalue weighted by atomic mass is 32.1. The maximum atomic E-state index is 10.7. The van der Waals surface area contributed by atoms with Crippen LogP contribution in [0.1, 0.15) is 17.0 Å². The average Bonchev–Trinajstić information content (AvgIpc) is 2.84. The fourth-order valence-electron chi connectivity index (χ4n) is 1.96. The topological polar surface area (TPSA) is 80.7 Å². The van der Waals surface area contributed by atoms with E-state index in [0.717, 1.165) is 16.3 Å². The molecular formula is C15H18N2O4S. The molecule has 22 heavy (non-hydrogen) atoms. The first-order valence-electron chi connectivity index (χ1n) is 6.70. The minimum Gasteiger partial charge on any atom is -0.497 e. The zero-order chi connectivity index (χ0) is 16.1. The molecule has 0 atom stereocenters. The van der Waals surface area contributed by atoms with Crippen molar-refractivity contribution < 1.29 is 19.4 Å². The fraction of sp³-hybridized carbons (Fsp3) is 0.333. The zero-order valence-electron chi connectivity index (χ0n) is 12.7. The van der Waals surface area contributed by atoms with Gasteiger partial charge in [-0.15, -0.1) is 11.3 Å². The van der Waals surface area contributed by atoms with Gasteiger partial charge in [0.25, 0.3) is 0 Å². The van der Waals surface area contributed by atoms with E-state index in [1.807, 2.05) is 25.1 Å². The first-order valence-corrected chi connectivity index (χ1v) is 7.52. The third-order valence-electron chi connectivity index (χ3n) is 3.11. The van der Waals surface area contributed by atoms with Gasteiger partial charge in [-0.2, -0.15) is 0 Å². The lowest BCUT2D eigenvalue weighted by atomic mass is 10.2. The third-order valence-corrected chi connectivity index (χ3v) is 4.24. The number of anilines is 2. The normalized spacial score (nSPS) is 10.3. The van der Waals surface area contributed by atoms with Crippen molar-refractivity contribution in [2.75, 3.05) is 19.5 Å². The van der Waals surface area contributed by atoms with Crippen LogP contribution >= 0.6 is 11.3 Å². The number of carboxylic acids is 1. The van der Waals surface area contributed by atoms with Gasteiger partial charge in [-0.05, 0) is 25.5 Å². The summed E-state index contributed by atoms with van der Waals surface area (Å²) in [6, 6.07) is 5.45. The molecule has 2 rings (SSSR count). The van der Waals surface area contributed by atoms with E-state index >= 15 is 0 Å². The third kappa shape index (κ3) is 3.88. The Morgan fingerprint density at radius 2 is 2.14 bits per heavy atom. The number of hydrogen-bond donors (Lipinski definition) is 2. The average molecular weight is 322 g/mol.